The van der Waals surface area contributed by atoms with Gasteiger partial charge in [-0.05, 0) is 88.5 Å². The quantitative estimate of drug-likeness (QED) is 0.259. The molecule has 1 saturated heterocycles. The maximum Gasteiger partial charge on any atom is 0.264 e. The Morgan fingerprint density at radius 1 is 1.18 bits per heavy atom. The van der Waals surface area contributed by atoms with Crippen molar-refractivity contribution in [3.05, 3.63) is 91.1 Å². The Balaban J connectivity index is 1.54. The molecule has 1 aliphatic rings. The molecule has 0 aromatic heterocycles. The number of halogens is 3. The van der Waals surface area contributed by atoms with Crippen LogP contribution in [-0.4, -0.2) is 18.2 Å². The van der Waals surface area contributed by atoms with Gasteiger partial charge in [0, 0.05) is 10.6 Å². The fourth-order valence-electron chi connectivity index (χ4n) is 2.99. The first-order chi connectivity index (χ1) is 15.9. The summed E-state index contributed by atoms with van der Waals surface area (Å²) in [5.41, 5.74) is 1.91. The van der Waals surface area contributed by atoms with E-state index in [-0.39, 0.29) is 18.3 Å². The second-order valence-corrected chi connectivity index (χ2v) is 9.50. The fourth-order valence-corrected chi connectivity index (χ4v) is 4.74. The van der Waals surface area contributed by atoms with E-state index in [4.69, 9.17) is 21.1 Å². The number of hydrogen-bond donors (Lipinski definition) is 1. The standard InChI is InChI=1S/C24H17ClFIN2O3S/c1-31-20-11-14(10-19(27)22(20)32-13-15-4-2-3-5-18(15)26)12-21-23(30)29-24(33-21)28-17-8-6-16(25)7-9-17/h2-12H,13H2,1H3,(H,28,29,30)/b21-12-. The van der Waals surface area contributed by atoms with Crippen molar-refractivity contribution in [1.82, 2.24) is 5.32 Å². The monoisotopic (exact) mass is 594 g/mol. The van der Waals surface area contributed by atoms with Crippen LogP contribution in [0.5, 0.6) is 11.5 Å². The molecule has 0 unspecified atom stereocenters. The Morgan fingerprint density at radius 3 is 2.67 bits per heavy atom. The number of methoxy groups -OCH3 is 1. The zero-order valence-corrected chi connectivity index (χ0v) is 21.0. The fraction of sp³-hybridized carbons (Fsp3) is 0.0833. The molecular weight excluding hydrogens is 578 g/mol. The summed E-state index contributed by atoms with van der Waals surface area (Å²) >= 11 is 9.28. The molecule has 1 aliphatic heterocycles. The molecule has 168 valence electrons. The third kappa shape index (κ3) is 5.87. The first-order valence-electron chi connectivity index (χ1n) is 9.72. The maximum atomic E-state index is 13.9. The predicted molar refractivity (Wildman–Crippen MR) is 139 cm³/mol. The van der Waals surface area contributed by atoms with Gasteiger partial charge < -0.3 is 14.8 Å². The van der Waals surface area contributed by atoms with Crippen molar-refractivity contribution in [1.29, 1.82) is 0 Å². The van der Waals surface area contributed by atoms with Crippen molar-refractivity contribution >= 4 is 68.8 Å². The zero-order valence-electron chi connectivity index (χ0n) is 17.3. The summed E-state index contributed by atoms with van der Waals surface area (Å²) in [7, 11) is 1.53. The molecule has 0 saturated carbocycles. The van der Waals surface area contributed by atoms with Crippen LogP contribution >= 0.6 is 46.0 Å². The van der Waals surface area contributed by atoms with Crippen LogP contribution in [0.2, 0.25) is 5.02 Å². The van der Waals surface area contributed by atoms with Crippen LogP contribution in [0.15, 0.2) is 70.6 Å². The second-order valence-electron chi connectivity index (χ2n) is 6.87. The third-order valence-corrected chi connectivity index (χ3v) is 6.55. The summed E-state index contributed by atoms with van der Waals surface area (Å²) < 4.78 is 26.0. The van der Waals surface area contributed by atoms with Crippen LogP contribution in [0.1, 0.15) is 11.1 Å². The summed E-state index contributed by atoms with van der Waals surface area (Å²) in [5, 5.41) is 3.87. The minimum atomic E-state index is -0.326. The van der Waals surface area contributed by atoms with E-state index >= 15 is 0 Å². The summed E-state index contributed by atoms with van der Waals surface area (Å²) in [6.45, 7) is 0.0717. The second kappa shape index (κ2) is 10.6. The highest BCUT2D eigenvalue weighted by Crippen LogP contribution is 2.36. The number of carbonyl (C=O) groups is 1. The Kier molecular flexibility index (Phi) is 7.56. The van der Waals surface area contributed by atoms with Crippen molar-refractivity contribution in [2.75, 3.05) is 7.11 Å². The molecule has 3 aromatic rings. The number of aliphatic imine (C=N–C) groups is 1. The lowest BCUT2D eigenvalue weighted by atomic mass is 10.1. The Morgan fingerprint density at radius 2 is 1.94 bits per heavy atom. The maximum absolute atomic E-state index is 13.9. The lowest BCUT2D eigenvalue weighted by Crippen LogP contribution is -2.19. The van der Waals surface area contributed by atoms with E-state index in [0.717, 1.165) is 9.13 Å². The smallest absolute Gasteiger partial charge is 0.264 e. The van der Waals surface area contributed by atoms with Crippen molar-refractivity contribution in [2.24, 2.45) is 4.99 Å². The number of thioether (sulfide) groups is 1. The third-order valence-electron chi connectivity index (χ3n) is 4.59. The van der Waals surface area contributed by atoms with Gasteiger partial charge in [0.1, 0.15) is 12.4 Å². The normalized spacial score (nSPS) is 15.7. The van der Waals surface area contributed by atoms with Crippen LogP contribution < -0.4 is 14.8 Å². The largest absolute Gasteiger partial charge is 0.493 e. The molecule has 0 spiro atoms. The van der Waals surface area contributed by atoms with Gasteiger partial charge in [-0.1, -0.05) is 29.8 Å². The number of amidine groups is 1. The minimum Gasteiger partial charge on any atom is -0.493 e. The van der Waals surface area contributed by atoms with Crippen LogP contribution in [0.3, 0.4) is 0 Å². The van der Waals surface area contributed by atoms with Crippen LogP contribution in [0.25, 0.3) is 6.08 Å². The topological polar surface area (TPSA) is 59.9 Å². The summed E-state index contributed by atoms with van der Waals surface area (Å²) in [6.07, 6.45) is 1.76. The SMILES string of the molecule is COc1cc(/C=C2\SC(=Nc3ccc(Cl)cc3)NC2=O)cc(I)c1OCc1ccccc1F. The van der Waals surface area contributed by atoms with Gasteiger partial charge in [0.2, 0.25) is 0 Å². The van der Waals surface area contributed by atoms with Crippen LogP contribution in [0.4, 0.5) is 10.1 Å². The molecule has 1 fully saturated rings. The number of ether oxygens (including phenoxy) is 2. The molecule has 33 heavy (non-hydrogen) atoms. The molecule has 1 amide bonds. The average Bonchev–Trinajstić information content (AvgIpc) is 3.13. The molecular formula is C24H17ClFIN2O3S. The van der Waals surface area contributed by atoms with E-state index in [9.17, 15) is 9.18 Å². The number of rotatable bonds is 6. The molecule has 9 heteroatoms. The van der Waals surface area contributed by atoms with Gasteiger partial charge in [0.05, 0.1) is 21.3 Å². The number of nitrogens with one attached hydrogen (secondary N) is 1. The van der Waals surface area contributed by atoms with Gasteiger partial charge in [0.25, 0.3) is 5.91 Å². The molecule has 1 heterocycles. The summed E-state index contributed by atoms with van der Waals surface area (Å²) in [5.74, 6) is 0.440. The van der Waals surface area contributed by atoms with Crippen LogP contribution in [0, 0.1) is 9.39 Å². The number of amides is 1. The van der Waals surface area contributed by atoms with E-state index in [0.29, 0.717) is 37.8 Å². The molecule has 4 rings (SSSR count). The van der Waals surface area contributed by atoms with E-state index < -0.39 is 0 Å². The molecule has 3 aromatic carbocycles. The van der Waals surface area contributed by atoms with Gasteiger partial charge in [-0.15, -0.1) is 0 Å². The highest BCUT2D eigenvalue weighted by atomic mass is 127. The summed E-state index contributed by atoms with van der Waals surface area (Å²) in [4.78, 5) is 17.4. The first-order valence-corrected chi connectivity index (χ1v) is 12.0. The highest BCUT2D eigenvalue weighted by Gasteiger charge is 2.24. The van der Waals surface area contributed by atoms with Gasteiger partial charge in [-0.25, -0.2) is 9.38 Å². The van der Waals surface area contributed by atoms with Gasteiger partial charge in [-0.3, -0.25) is 4.79 Å². The van der Waals surface area contributed by atoms with E-state index in [1.165, 1.54) is 24.9 Å². The Bertz CT molecular complexity index is 1270. The molecule has 1 N–H and O–H groups in total. The lowest BCUT2D eigenvalue weighted by molar-refractivity contribution is -0.115. The van der Waals surface area contributed by atoms with Gasteiger partial charge in [0.15, 0.2) is 16.7 Å². The first kappa shape index (κ1) is 23.6. The van der Waals surface area contributed by atoms with Crippen LogP contribution in [-0.2, 0) is 11.4 Å². The lowest BCUT2D eigenvalue weighted by Gasteiger charge is -2.14. The molecule has 5 nitrogen and oxygen atoms in total. The number of hydrogen-bond acceptors (Lipinski definition) is 5. The van der Waals surface area contributed by atoms with E-state index in [2.05, 4.69) is 32.9 Å². The minimum absolute atomic E-state index is 0.0717. The van der Waals surface area contributed by atoms with E-state index in [1.54, 1.807) is 54.6 Å². The Labute approximate surface area is 213 Å². The predicted octanol–water partition coefficient (Wildman–Crippen LogP) is 6.56. The number of benzene rings is 3. The molecule has 0 radical (unpaired) electrons. The average molecular weight is 595 g/mol. The van der Waals surface area contributed by atoms with Crippen molar-refractivity contribution < 1.29 is 18.7 Å². The van der Waals surface area contributed by atoms with Gasteiger partial charge >= 0.3 is 0 Å². The molecule has 0 atom stereocenters. The highest BCUT2D eigenvalue weighted by molar-refractivity contribution is 14.1. The van der Waals surface area contributed by atoms with Crippen molar-refractivity contribution in [3.63, 3.8) is 0 Å². The number of nitrogens with zero attached hydrogens (tertiary/aromatic N) is 1. The molecule has 0 bridgehead atoms. The summed E-state index contributed by atoms with van der Waals surface area (Å²) in [6, 6.07) is 17.1. The molecule has 0 aliphatic carbocycles. The van der Waals surface area contributed by atoms with Crippen molar-refractivity contribution in [3.8, 4) is 11.5 Å². The van der Waals surface area contributed by atoms with Gasteiger partial charge in [-0.2, -0.15) is 0 Å². The number of carbonyl (C=O) groups excluding carboxylic acids is 1. The van der Waals surface area contributed by atoms with Crippen molar-refractivity contribution in [2.45, 2.75) is 6.61 Å². The van der Waals surface area contributed by atoms with E-state index in [1.807, 2.05) is 6.07 Å². The Hall–Kier alpha value is -2.56. The zero-order chi connectivity index (χ0) is 23.4.